The minimum Gasteiger partial charge on any atom is -0.354 e. The van der Waals surface area contributed by atoms with Gasteiger partial charge in [0.25, 0.3) is 0 Å². The molecule has 1 heterocycles. The van der Waals surface area contributed by atoms with E-state index < -0.39 is 11.1 Å². The molecular weight excluding hydrogens is 246 g/mol. The maximum atomic E-state index is 11.8. The zero-order valence-corrected chi connectivity index (χ0v) is 10.6. The van der Waals surface area contributed by atoms with Crippen LogP contribution in [0.3, 0.4) is 0 Å². The van der Waals surface area contributed by atoms with Crippen LogP contribution in [0.15, 0.2) is 33.9 Å². The van der Waals surface area contributed by atoms with E-state index in [1.807, 2.05) is 0 Å². The van der Waals surface area contributed by atoms with Crippen LogP contribution < -0.4 is 16.4 Å². The highest BCUT2D eigenvalue weighted by Crippen LogP contribution is 2.06. The monoisotopic (exact) mass is 261 g/mol. The standard InChI is InChI=1S/C13H15N3O3/c1-2-11(17)14-7-8-16-10-6-4-3-5-9(10)15-12(18)13(16)19/h3-6H,2,7-8H2,1H3,(H,14,17)(H,15,18). The van der Waals surface area contributed by atoms with Gasteiger partial charge in [-0.1, -0.05) is 19.1 Å². The number of amides is 1. The Balaban J connectivity index is 2.36. The third-order valence-electron chi connectivity index (χ3n) is 2.86. The van der Waals surface area contributed by atoms with Crippen LogP contribution >= 0.6 is 0 Å². The highest BCUT2D eigenvalue weighted by Gasteiger charge is 2.07. The number of para-hydroxylation sites is 2. The molecule has 0 aliphatic rings. The van der Waals surface area contributed by atoms with Crippen molar-refractivity contribution in [1.82, 2.24) is 14.9 Å². The molecule has 0 aliphatic carbocycles. The highest BCUT2D eigenvalue weighted by atomic mass is 16.2. The number of hydrogen-bond donors (Lipinski definition) is 2. The van der Waals surface area contributed by atoms with E-state index in [2.05, 4.69) is 10.3 Å². The SMILES string of the molecule is CCC(=O)NCCn1c(=O)c(=O)[nH]c2ccccc21. The van der Waals surface area contributed by atoms with Crippen molar-refractivity contribution in [2.45, 2.75) is 19.9 Å². The van der Waals surface area contributed by atoms with Crippen LogP contribution in [0.25, 0.3) is 11.0 Å². The molecular formula is C13H15N3O3. The number of H-pyrrole nitrogens is 1. The fourth-order valence-corrected chi connectivity index (χ4v) is 1.88. The first kappa shape index (κ1) is 13.1. The summed E-state index contributed by atoms with van der Waals surface area (Å²) in [5.41, 5.74) is -0.00303. The number of carbonyl (C=O) groups excluding carboxylic acids is 1. The summed E-state index contributed by atoms with van der Waals surface area (Å²) in [6.45, 7) is 2.35. The summed E-state index contributed by atoms with van der Waals surface area (Å²) in [4.78, 5) is 37.0. The van der Waals surface area contributed by atoms with E-state index in [0.29, 0.717) is 24.0 Å². The van der Waals surface area contributed by atoms with Crippen molar-refractivity contribution in [3.05, 3.63) is 45.0 Å². The number of nitrogens with zero attached hydrogens (tertiary/aromatic N) is 1. The Bertz CT molecular complexity index is 715. The fourth-order valence-electron chi connectivity index (χ4n) is 1.88. The number of benzene rings is 1. The smallest absolute Gasteiger partial charge is 0.316 e. The lowest BCUT2D eigenvalue weighted by atomic mass is 10.3. The van der Waals surface area contributed by atoms with E-state index in [1.165, 1.54) is 4.57 Å². The van der Waals surface area contributed by atoms with Gasteiger partial charge in [0.15, 0.2) is 0 Å². The second-order valence-electron chi connectivity index (χ2n) is 4.13. The van der Waals surface area contributed by atoms with Crippen LogP contribution in [-0.2, 0) is 11.3 Å². The Morgan fingerprint density at radius 2 is 2.05 bits per heavy atom. The lowest BCUT2D eigenvalue weighted by Crippen LogP contribution is -2.39. The van der Waals surface area contributed by atoms with E-state index in [0.717, 1.165) is 0 Å². The van der Waals surface area contributed by atoms with Gasteiger partial charge in [-0.25, -0.2) is 0 Å². The molecule has 0 atom stereocenters. The molecule has 0 radical (unpaired) electrons. The summed E-state index contributed by atoms with van der Waals surface area (Å²) in [5, 5.41) is 2.68. The molecule has 6 nitrogen and oxygen atoms in total. The summed E-state index contributed by atoms with van der Waals surface area (Å²) in [5.74, 6) is -0.0813. The van der Waals surface area contributed by atoms with Gasteiger partial charge in [0.1, 0.15) is 0 Å². The number of aromatic nitrogens is 2. The molecule has 1 amide bonds. The largest absolute Gasteiger partial charge is 0.354 e. The van der Waals surface area contributed by atoms with Crippen LogP contribution in [0.4, 0.5) is 0 Å². The van der Waals surface area contributed by atoms with Crippen molar-refractivity contribution in [2.24, 2.45) is 0 Å². The number of rotatable bonds is 4. The molecule has 0 fully saturated rings. The zero-order chi connectivity index (χ0) is 13.8. The molecule has 2 N–H and O–H groups in total. The molecule has 0 saturated heterocycles. The Morgan fingerprint density at radius 3 is 2.79 bits per heavy atom. The van der Waals surface area contributed by atoms with Crippen LogP contribution in [0.1, 0.15) is 13.3 Å². The number of hydrogen-bond acceptors (Lipinski definition) is 3. The van der Waals surface area contributed by atoms with Gasteiger partial charge >= 0.3 is 11.1 Å². The molecule has 0 bridgehead atoms. The van der Waals surface area contributed by atoms with Gasteiger partial charge in [-0.15, -0.1) is 0 Å². The predicted molar refractivity (Wildman–Crippen MR) is 72.1 cm³/mol. The van der Waals surface area contributed by atoms with E-state index in [9.17, 15) is 14.4 Å². The fraction of sp³-hybridized carbons (Fsp3) is 0.308. The Kier molecular flexibility index (Phi) is 3.79. The summed E-state index contributed by atoms with van der Waals surface area (Å²) in [6.07, 6.45) is 0.394. The maximum Gasteiger partial charge on any atom is 0.316 e. The molecule has 0 spiro atoms. The molecule has 0 unspecified atom stereocenters. The molecule has 0 saturated carbocycles. The van der Waals surface area contributed by atoms with Crippen LogP contribution in [-0.4, -0.2) is 22.0 Å². The average molecular weight is 261 g/mol. The van der Waals surface area contributed by atoms with E-state index >= 15 is 0 Å². The van der Waals surface area contributed by atoms with Crippen molar-refractivity contribution < 1.29 is 4.79 Å². The molecule has 0 aliphatic heterocycles. The van der Waals surface area contributed by atoms with Crippen LogP contribution in [0.2, 0.25) is 0 Å². The van der Waals surface area contributed by atoms with Gasteiger partial charge in [-0.2, -0.15) is 0 Å². The van der Waals surface area contributed by atoms with Gasteiger partial charge in [-0.05, 0) is 12.1 Å². The minimum absolute atomic E-state index is 0.0813. The first-order chi connectivity index (χ1) is 9.13. The molecule has 1 aromatic heterocycles. The van der Waals surface area contributed by atoms with E-state index in [-0.39, 0.29) is 12.5 Å². The van der Waals surface area contributed by atoms with Crippen LogP contribution in [0, 0.1) is 0 Å². The van der Waals surface area contributed by atoms with Crippen molar-refractivity contribution in [2.75, 3.05) is 6.54 Å². The molecule has 19 heavy (non-hydrogen) atoms. The van der Waals surface area contributed by atoms with Crippen molar-refractivity contribution in [1.29, 1.82) is 0 Å². The molecule has 1 aromatic carbocycles. The van der Waals surface area contributed by atoms with Crippen molar-refractivity contribution in [3.63, 3.8) is 0 Å². The predicted octanol–water partition coefficient (Wildman–Crippen LogP) is 0.216. The van der Waals surface area contributed by atoms with Gasteiger partial charge in [0, 0.05) is 19.5 Å². The Morgan fingerprint density at radius 1 is 1.32 bits per heavy atom. The van der Waals surface area contributed by atoms with Gasteiger partial charge in [0.2, 0.25) is 5.91 Å². The lowest BCUT2D eigenvalue weighted by Gasteiger charge is -2.09. The molecule has 100 valence electrons. The number of nitrogens with one attached hydrogen (secondary N) is 2. The third-order valence-corrected chi connectivity index (χ3v) is 2.86. The van der Waals surface area contributed by atoms with E-state index in [4.69, 9.17) is 0 Å². The normalized spacial score (nSPS) is 10.6. The molecule has 2 rings (SSSR count). The quantitative estimate of drug-likeness (QED) is 0.772. The Labute approximate surface area is 109 Å². The van der Waals surface area contributed by atoms with Crippen molar-refractivity contribution >= 4 is 16.9 Å². The minimum atomic E-state index is -0.652. The average Bonchev–Trinajstić information content (AvgIpc) is 2.42. The number of carbonyl (C=O) groups is 1. The van der Waals surface area contributed by atoms with Crippen LogP contribution in [0.5, 0.6) is 0 Å². The number of fused-ring (bicyclic) bond motifs is 1. The second-order valence-corrected chi connectivity index (χ2v) is 4.13. The maximum absolute atomic E-state index is 11.8. The van der Waals surface area contributed by atoms with Gasteiger partial charge in [0.05, 0.1) is 11.0 Å². The van der Waals surface area contributed by atoms with Gasteiger partial charge in [-0.3, -0.25) is 14.4 Å². The Hall–Kier alpha value is -2.37. The first-order valence-electron chi connectivity index (χ1n) is 6.12. The topological polar surface area (TPSA) is 84.0 Å². The lowest BCUT2D eigenvalue weighted by molar-refractivity contribution is -0.120. The molecule has 6 heteroatoms. The van der Waals surface area contributed by atoms with Gasteiger partial charge < -0.3 is 14.9 Å². The van der Waals surface area contributed by atoms with Crippen molar-refractivity contribution in [3.8, 4) is 0 Å². The summed E-state index contributed by atoms with van der Waals surface area (Å²) >= 11 is 0. The second kappa shape index (κ2) is 5.51. The molecule has 2 aromatic rings. The summed E-state index contributed by atoms with van der Waals surface area (Å²) < 4.78 is 1.38. The third kappa shape index (κ3) is 2.73. The zero-order valence-electron chi connectivity index (χ0n) is 10.6. The summed E-state index contributed by atoms with van der Waals surface area (Å²) in [7, 11) is 0. The first-order valence-corrected chi connectivity index (χ1v) is 6.12. The summed E-state index contributed by atoms with van der Waals surface area (Å²) in [6, 6.07) is 7.07. The number of aromatic amines is 1. The highest BCUT2D eigenvalue weighted by molar-refractivity contribution is 5.75. The van der Waals surface area contributed by atoms with E-state index in [1.54, 1.807) is 31.2 Å².